The molecule has 6 nitrogen and oxygen atoms in total. The van der Waals surface area contributed by atoms with Crippen molar-refractivity contribution in [2.45, 2.75) is 17.5 Å². The number of thioether (sulfide) groups is 1. The normalized spacial score (nSPS) is 11.1. The maximum Gasteiger partial charge on any atom is 0.268 e. The van der Waals surface area contributed by atoms with Gasteiger partial charge in [-0.05, 0) is 29.1 Å². The minimum Gasteiger partial charge on any atom is -0.333 e. The highest BCUT2D eigenvalue weighted by atomic mass is 32.2. The van der Waals surface area contributed by atoms with E-state index < -0.39 is 0 Å². The maximum absolute atomic E-state index is 14.5. The van der Waals surface area contributed by atoms with E-state index in [9.17, 15) is 4.39 Å². The minimum atomic E-state index is -0.334. The second-order valence-corrected chi connectivity index (χ2v) is 8.53. The number of thiophene rings is 1. The molecule has 0 saturated heterocycles. The number of nitrogens with zero attached hydrogens (tertiary/aromatic N) is 5. The van der Waals surface area contributed by atoms with E-state index in [0.29, 0.717) is 40.6 Å². The monoisotopic (exact) mass is 449 g/mol. The molecule has 154 valence electrons. The van der Waals surface area contributed by atoms with Crippen molar-refractivity contribution >= 4 is 23.1 Å². The molecule has 0 amide bonds. The summed E-state index contributed by atoms with van der Waals surface area (Å²) >= 11 is 2.98. The summed E-state index contributed by atoms with van der Waals surface area (Å²) in [4.78, 5) is 5.38. The van der Waals surface area contributed by atoms with E-state index in [4.69, 9.17) is 4.52 Å². The Balaban J connectivity index is 1.43. The first kappa shape index (κ1) is 19.7. The molecule has 0 aliphatic carbocycles. The van der Waals surface area contributed by atoms with E-state index >= 15 is 0 Å². The van der Waals surface area contributed by atoms with Crippen LogP contribution in [0.25, 0.3) is 22.2 Å². The molecule has 31 heavy (non-hydrogen) atoms. The Kier molecular flexibility index (Phi) is 5.59. The molecule has 0 radical (unpaired) electrons. The van der Waals surface area contributed by atoms with Gasteiger partial charge in [-0.2, -0.15) is 4.98 Å². The summed E-state index contributed by atoms with van der Waals surface area (Å²) in [6.45, 7) is 0.520. The van der Waals surface area contributed by atoms with Crippen LogP contribution in [0, 0.1) is 5.82 Å². The van der Waals surface area contributed by atoms with Crippen LogP contribution in [-0.2, 0) is 12.3 Å². The number of benzene rings is 2. The molecule has 3 aromatic heterocycles. The largest absolute Gasteiger partial charge is 0.333 e. The molecule has 0 bridgehead atoms. The number of hydrogen-bond acceptors (Lipinski definition) is 7. The van der Waals surface area contributed by atoms with Gasteiger partial charge in [0.1, 0.15) is 5.82 Å². The molecule has 0 unspecified atom stereocenters. The zero-order chi connectivity index (χ0) is 21.0. The molecular formula is C22H16FN5OS2. The van der Waals surface area contributed by atoms with Crippen molar-refractivity contribution in [1.82, 2.24) is 24.9 Å². The molecule has 3 heterocycles. The highest BCUT2D eigenvalue weighted by Gasteiger charge is 2.19. The van der Waals surface area contributed by atoms with Crippen molar-refractivity contribution in [2.24, 2.45) is 0 Å². The lowest BCUT2D eigenvalue weighted by Gasteiger charge is -2.10. The predicted octanol–water partition coefficient (Wildman–Crippen LogP) is 5.54. The minimum absolute atomic E-state index is 0.334. The molecule has 0 atom stereocenters. The summed E-state index contributed by atoms with van der Waals surface area (Å²) in [5.74, 6) is 1.67. The summed E-state index contributed by atoms with van der Waals surface area (Å²) in [5, 5.41) is 15.3. The maximum atomic E-state index is 14.5. The summed E-state index contributed by atoms with van der Waals surface area (Å²) < 4.78 is 21.7. The second-order valence-electron chi connectivity index (χ2n) is 6.64. The first-order chi connectivity index (χ1) is 15.3. The van der Waals surface area contributed by atoms with Gasteiger partial charge in [0.15, 0.2) is 16.8 Å². The number of halogens is 1. The fourth-order valence-electron chi connectivity index (χ4n) is 3.09. The summed E-state index contributed by atoms with van der Waals surface area (Å²) in [7, 11) is 0. The van der Waals surface area contributed by atoms with Crippen LogP contribution in [0.3, 0.4) is 0 Å². The molecule has 0 aliphatic rings. The Morgan fingerprint density at radius 3 is 2.61 bits per heavy atom. The Labute approximate surface area is 185 Å². The first-order valence-corrected chi connectivity index (χ1v) is 11.4. The van der Waals surface area contributed by atoms with Crippen LogP contribution in [0.4, 0.5) is 4.39 Å². The number of hydrogen-bond donors (Lipinski definition) is 0. The van der Waals surface area contributed by atoms with Gasteiger partial charge in [0.25, 0.3) is 5.89 Å². The van der Waals surface area contributed by atoms with Crippen molar-refractivity contribution < 1.29 is 8.91 Å². The second kappa shape index (κ2) is 8.83. The lowest BCUT2D eigenvalue weighted by Crippen LogP contribution is -2.05. The Bertz CT molecular complexity index is 1280. The average Bonchev–Trinajstić information content (AvgIpc) is 3.55. The summed E-state index contributed by atoms with van der Waals surface area (Å²) in [5.41, 5.74) is 1.48. The van der Waals surface area contributed by atoms with Gasteiger partial charge in [-0.25, -0.2) is 4.39 Å². The smallest absolute Gasteiger partial charge is 0.268 e. The number of rotatable bonds is 7. The van der Waals surface area contributed by atoms with Crippen LogP contribution < -0.4 is 0 Å². The van der Waals surface area contributed by atoms with Gasteiger partial charge in [0, 0.05) is 0 Å². The summed E-state index contributed by atoms with van der Waals surface area (Å²) in [6.07, 6.45) is 0. The van der Waals surface area contributed by atoms with E-state index in [0.717, 1.165) is 10.4 Å². The standard InChI is InChI=1S/C22H16FN5OS2/c23-17-10-5-4-9-16(17)20-25-26-22(28(20)13-15-7-2-1-3-8-15)31-14-19-24-21(29-27-19)18-11-6-12-30-18/h1-12H,13-14H2. The molecule has 0 spiro atoms. The molecule has 2 aromatic carbocycles. The molecule has 9 heteroatoms. The Morgan fingerprint density at radius 2 is 1.81 bits per heavy atom. The van der Waals surface area contributed by atoms with E-state index in [1.807, 2.05) is 52.4 Å². The van der Waals surface area contributed by atoms with E-state index in [-0.39, 0.29) is 5.82 Å². The van der Waals surface area contributed by atoms with Crippen LogP contribution in [-0.4, -0.2) is 24.9 Å². The quantitative estimate of drug-likeness (QED) is 0.304. The zero-order valence-corrected chi connectivity index (χ0v) is 17.8. The highest BCUT2D eigenvalue weighted by Crippen LogP contribution is 2.29. The van der Waals surface area contributed by atoms with Crippen LogP contribution in [0.2, 0.25) is 0 Å². The van der Waals surface area contributed by atoms with Crippen molar-refractivity contribution in [3.63, 3.8) is 0 Å². The molecule has 0 fully saturated rings. The van der Waals surface area contributed by atoms with Gasteiger partial charge in [-0.1, -0.05) is 65.4 Å². The third-order valence-corrected chi connectivity index (χ3v) is 6.37. The van der Waals surface area contributed by atoms with Crippen molar-refractivity contribution in [2.75, 3.05) is 0 Å². The van der Waals surface area contributed by atoms with Crippen LogP contribution in [0.1, 0.15) is 11.4 Å². The fraction of sp³-hybridized carbons (Fsp3) is 0.0909. The van der Waals surface area contributed by atoms with E-state index in [1.54, 1.807) is 29.5 Å². The van der Waals surface area contributed by atoms with Crippen molar-refractivity contribution in [1.29, 1.82) is 0 Å². The fourth-order valence-corrected chi connectivity index (χ4v) is 4.51. The van der Waals surface area contributed by atoms with E-state index in [2.05, 4.69) is 20.3 Å². The first-order valence-electron chi connectivity index (χ1n) is 9.49. The Morgan fingerprint density at radius 1 is 0.968 bits per heavy atom. The topological polar surface area (TPSA) is 69.6 Å². The Hall–Kier alpha value is -3.30. The third-order valence-electron chi connectivity index (χ3n) is 4.55. The zero-order valence-electron chi connectivity index (χ0n) is 16.2. The SMILES string of the molecule is Fc1ccccc1-c1nnc(SCc2noc(-c3cccs3)n2)n1Cc1ccccc1. The van der Waals surface area contributed by atoms with Crippen LogP contribution in [0.5, 0.6) is 0 Å². The lowest BCUT2D eigenvalue weighted by molar-refractivity contribution is 0.426. The van der Waals surface area contributed by atoms with Crippen LogP contribution in [0.15, 0.2) is 81.8 Å². The summed E-state index contributed by atoms with van der Waals surface area (Å²) in [6, 6.07) is 20.4. The lowest BCUT2D eigenvalue weighted by atomic mass is 10.2. The molecule has 5 rings (SSSR count). The third kappa shape index (κ3) is 4.28. The van der Waals surface area contributed by atoms with Crippen molar-refractivity contribution in [3.05, 3.63) is 89.3 Å². The molecule has 0 saturated carbocycles. The molecule has 0 N–H and O–H groups in total. The average molecular weight is 450 g/mol. The van der Waals surface area contributed by atoms with Crippen LogP contribution >= 0.6 is 23.1 Å². The molecule has 0 aliphatic heterocycles. The number of aromatic nitrogens is 5. The van der Waals surface area contributed by atoms with Gasteiger partial charge >= 0.3 is 0 Å². The van der Waals surface area contributed by atoms with Gasteiger partial charge in [-0.15, -0.1) is 21.5 Å². The van der Waals surface area contributed by atoms with E-state index in [1.165, 1.54) is 17.8 Å². The van der Waals surface area contributed by atoms with Gasteiger partial charge in [0.2, 0.25) is 0 Å². The van der Waals surface area contributed by atoms with Gasteiger partial charge in [0.05, 0.1) is 22.7 Å². The van der Waals surface area contributed by atoms with Gasteiger partial charge < -0.3 is 4.52 Å². The highest BCUT2D eigenvalue weighted by molar-refractivity contribution is 7.98. The predicted molar refractivity (Wildman–Crippen MR) is 118 cm³/mol. The molecule has 5 aromatic rings. The van der Waals surface area contributed by atoms with Crippen molar-refractivity contribution in [3.8, 4) is 22.2 Å². The van der Waals surface area contributed by atoms with Gasteiger partial charge in [-0.3, -0.25) is 4.57 Å². The molecular weight excluding hydrogens is 433 g/mol.